The standard InChI is InChI=1S/C26H19NO5/c1-2-13-30-19-9-7-17(8-10-19)14-18(16-27)25(28)31-20-11-12-22-21-5-3-4-6-23(21)26(29)32-24(22)15-20/h3-12,14-15H,2,13H2,1H3/b18-14+. The van der Waals surface area contributed by atoms with E-state index < -0.39 is 11.6 Å². The van der Waals surface area contributed by atoms with Crippen molar-refractivity contribution in [3.63, 3.8) is 0 Å². The molecule has 0 atom stereocenters. The molecule has 6 nitrogen and oxygen atoms in total. The Morgan fingerprint density at radius 2 is 1.72 bits per heavy atom. The van der Waals surface area contributed by atoms with Crippen LogP contribution in [0.1, 0.15) is 18.9 Å². The molecular weight excluding hydrogens is 406 g/mol. The smallest absolute Gasteiger partial charge is 0.354 e. The van der Waals surface area contributed by atoms with Crippen molar-refractivity contribution in [2.75, 3.05) is 6.61 Å². The predicted molar refractivity (Wildman–Crippen MR) is 121 cm³/mol. The number of fused-ring (bicyclic) bond motifs is 3. The summed E-state index contributed by atoms with van der Waals surface area (Å²) >= 11 is 0. The number of benzene rings is 3. The molecule has 0 amide bonds. The highest BCUT2D eigenvalue weighted by molar-refractivity contribution is 6.05. The molecule has 32 heavy (non-hydrogen) atoms. The Labute approximate surface area is 183 Å². The summed E-state index contributed by atoms with van der Waals surface area (Å²) in [7, 11) is 0. The second-order valence-electron chi connectivity index (χ2n) is 7.07. The number of hydrogen-bond acceptors (Lipinski definition) is 6. The van der Waals surface area contributed by atoms with Crippen molar-refractivity contribution < 1.29 is 18.7 Å². The topological polar surface area (TPSA) is 89.5 Å². The van der Waals surface area contributed by atoms with Crippen LogP contribution < -0.4 is 15.1 Å². The minimum absolute atomic E-state index is 0.160. The van der Waals surface area contributed by atoms with Crippen LogP contribution in [0.5, 0.6) is 11.5 Å². The zero-order chi connectivity index (χ0) is 22.5. The van der Waals surface area contributed by atoms with Gasteiger partial charge in [-0.2, -0.15) is 5.26 Å². The lowest BCUT2D eigenvalue weighted by atomic mass is 10.1. The van der Waals surface area contributed by atoms with Gasteiger partial charge in [-0.25, -0.2) is 9.59 Å². The minimum Gasteiger partial charge on any atom is -0.494 e. The van der Waals surface area contributed by atoms with Gasteiger partial charge in [0.2, 0.25) is 0 Å². The fraction of sp³-hybridized carbons (Fsp3) is 0.115. The summed E-state index contributed by atoms with van der Waals surface area (Å²) in [4.78, 5) is 24.8. The number of hydrogen-bond donors (Lipinski definition) is 0. The summed E-state index contributed by atoms with van der Waals surface area (Å²) in [5.74, 6) is 0.0851. The lowest BCUT2D eigenvalue weighted by Gasteiger charge is -2.07. The molecule has 0 aliphatic rings. The molecule has 4 aromatic rings. The number of ether oxygens (including phenoxy) is 2. The second-order valence-corrected chi connectivity index (χ2v) is 7.07. The van der Waals surface area contributed by atoms with Crippen LogP contribution in [0.2, 0.25) is 0 Å². The van der Waals surface area contributed by atoms with Gasteiger partial charge in [0.1, 0.15) is 28.7 Å². The van der Waals surface area contributed by atoms with Gasteiger partial charge in [0, 0.05) is 11.5 Å². The fourth-order valence-corrected chi connectivity index (χ4v) is 3.27. The minimum atomic E-state index is -0.804. The molecule has 0 unspecified atom stereocenters. The summed E-state index contributed by atoms with van der Waals surface area (Å²) in [5, 5.41) is 11.4. The average Bonchev–Trinajstić information content (AvgIpc) is 2.82. The first-order valence-electron chi connectivity index (χ1n) is 10.1. The number of rotatable bonds is 6. The summed E-state index contributed by atoms with van der Waals surface area (Å²) in [5.41, 5.74) is 0.329. The van der Waals surface area contributed by atoms with Gasteiger partial charge in [0.15, 0.2) is 0 Å². The fourth-order valence-electron chi connectivity index (χ4n) is 3.27. The molecule has 0 aliphatic carbocycles. The van der Waals surface area contributed by atoms with E-state index in [0.717, 1.165) is 22.9 Å². The Balaban J connectivity index is 1.58. The van der Waals surface area contributed by atoms with Crippen molar-refractivity contribution in [2.45, 2.75) is 13.3 Å². The van der Waals surface area contributed by atoms with Crippen molar-refractivity contribution in [2.24, 2.45) is 0 Å². The van der Waals surface area contributed by atoms with Crippen LogP contribution in [0.4, 0.5) is 0 Å². The van der Waals surface area contributed by atoms with E-state index in [9.17, 15) is 14.9 Å². The lowest BCUT2D eigenvalue weighted by Crippen LogP contribution is -2.10. The molecule has 158 valence electrons. The molecule has 0 bridgehead atoms. The zero-order valence-electron chi connectivity index (χ0n) is 17.3. The van der Waals surface area contributed by atoms with E-state index >= 15 is 0 Å². The van der Waals surface area contributed by atoms with Crippen LogP contribution in [-0.2, 0) is 4.79 Å². The van der Waals surface area contributed by atoms with E-state index in [1.807, 2.05) is 25.1 Å². The van der Waals surface area contributed by atoms with Gasteiger partial charge in [-0.3, -0.25) is 0 Å². The second kappa shape index (κ2) is 9.19. The quantitative estimate of drug-likeness (QED) is 0.105. The van der Waals surface area contributed by atoms with Crippen LogP contribution in [0, 0.1) is 11.3 Å². The van der Waals surface area contributed by atoms with Crippen LogP contribution in [0.25, 0.3) is 27.8 Å². The van der Waals surface area contributed by atoms with Gasteiger partial charge in [0.05, 0.1) is 12.0 Å². The number of nitriles is 1. The van der Waals surface area contributed by atoms with E-state index in [0.29, 0.717) is 23.1 Å². The third kappa shape index (κ3) is 4.37. The highest BCUT2D eigenvalue weighted by atomic mass is 16.5. The Bertz CT molecular complexity index is 1430. The molecule has 0 saturated heterocycles. The monoisotopic (exact) mass is 425 g/mol. The van der Waals surface area contributed by atoms with Crippen molar-refractivity contribution in [3.05, 3.63) is 88.3 Å². The third-order valence-corrected chi connectivity index (χ3v) is 4.81. The molecular formula is C26H19NO5. The van der Waals surface area contributed by atoms with Gasteiger partial charge < -0.3 is 13.9 Å². The van der Waals surface area contributed by atoms with E-state index in [4.69, 9.17) is 13.9 Å². The van der Waals surface area contributed by atoms with Crippen molar-refractivity contribution >= 4 is 33.8 Å². The first-order chi connectivity index (χ1) is 15.6. The molecule has 4 rings (SSSR count). The van der Waals surface area contributed by atoms with E-state index in [1.54, 1.807) is 48.5 Å². The van der Waals surface area contributed by atoms with Crippen LogP contribution in [-0.4, -0.2) is 12.6 Å². The van der Waals surface area contributed by atoms with Gasteiger partial charge in [0.25, 0.3) is 0 Å². The molecule has 1 aromatic heterocycles. The van der Waals surface area contributed by atoms with Gasteiger partial charge in [-0.05, 0) is 53.8 Å². The number of carbonyl (C=O) groups is 1. The number of nitrogens with zero attached hydrogens (tertiary/aromatic N) is 1. The molecule has 0 saturated carbocycles. The first-order valence-corrected chi connectivity index (χ1v) is 10.1. The molecule has 0 spiro atoms. The molecule has 3 aromatic carbocycles. The molecule has 1 heterocycles. The maximum absolute atomic E-state index is 12.5. The van der Waals surface area contributed by atoms with Gasteiger partial charge in [-0.1, -0.05) is 37.3 Å². The summed E-state index contributed by atoms with van der Waals surface area (Å²) in [6.45, 7) is 2.64. The lowest BCUT2D eigenvalue weighted by molar-refractivity contribution is -0.129. The molecule has 0 fully saturated rings. The van der Waals surface area contributed by atoms with Gasteiger partial charge in [-0.15, -0.1) is 0 Å². The van der Waals surface area contributed by atoms with Gasteiger partial charge >= 0.3 is 11.6 Å². The molecule has 0 radical (unpaired) electrons. The summed E-state index contributed by atoms with van der Waals surface area (Å²) in [6, 6.07) is 20.8. The summed E-state index contributed by atoms with van der Waals surface area (Å²) < 4.78 is 16.3. The van der Waals surface area contributed by atoms with E-state index in [1.165, 1.54) is 12.1 Å². The van der Waals surface area contributed by atoms with Crippen LogP contribution >= 0.6 is 0 Å². The SMILES string of the molecule is CCCOc1ccc(/C=C(\C#N)C(=O)Oc2ccc3c(c2)oc(=O)c2ccccc23)cc1. The summed E-state index contributed by atoms with van der Waals surface area (Å²) in [6.07, 6.45) is 2.35. The normalized spacial score (nSPS) is 11.3. The largest absolute Gasteiger partial charge is 0.494 e. The van der Waals surface area contributed by atoms with E-state index in [-0.39, 0.29) is 11.3 Å². The van der Waals surface area contributed by atoms with Crippen molar-refractivity contribution in [1.29, 1.82) is 5.26 Å². The Morgan fingerprint density at radius 3 is 2.44 bits per heavy atom. The van der Waals surface area contributed by atoms with Crippen LogP contribution in [0.15, 0.2) is 81.5 Å². The highest BCUT2D eigenvalue weighted by Gasteiger charge is 2.14. The molecule has 6 heteroatoms. The predicted octanol–water partition coefficient (Wildman–Crippen LogP) is 5.25. The number of esters is 1. The molecule has 0 aliphatic heterocycles. The zero-order valence-corrected chi connectivity index (χ0v) is 17.3. The maximum atomic E-state index is 12.5. The van der Waals surface area contributed by atoms with Crippen LogP contribution in [0.3, 0.4) is 0 Å². The average molecular weight is 425 g/mol. The maximum Gasteiger partial charge on any atom is 0.354 e. The van der Waals surface area contributed by atoms with Crippen molar-refractivity contribution in [1.82, 2.24) is 0 Å². The Hall–Kier alpha value is -4.37. The molecule has 0 N–H and O–H groups in total. The first kappa shape index (κ1) is 20.9. The Morgan fingerprint density at radius 1 is 1.00 bits per heavy atom. The number of carbonyl (C=O) groups excluding carboxylic acids is 1. The third-order valence-electron chi connectivity index (χ3n) is 4.81. The Kier molecular flexibility index (Phi) is 6.00. The van der Waals surface area contributed by atoms with E-state index in [2.05, 4.69) is 0 Å². The highest BCUT2D eigenvalue weighted by Crippen LogP contribution is 2.26. The van der Waals surface area contributed by atoms with Crippen molar-refractivity contribution in [3.8, 4) is 17.6 Å².